The van der Waals surface area contributed by atoms with Gasteiger partial charge in [0.1, 0.15) is 12.0 Å². The fraction of sp³-hybridized carbons (Fsp3) is 0.0909. The second-order valence-corrected chi connectivity index (χ2v) is 14.1. The molecule has 12 nitrogen and oxygen atoms in total. The van der Waals surface area contributed by atoms with Crippen LogP contribution in [-0.4, -0.2) is 55.6 Å². The van der Waals surface area contributed by atoms with Gasteiger partial charge in [0.2, 0.25) is 40.8 Å². The number of aromatic hydroxyl groups is 1. The van der Waals surface area contributed by atoms with E-state index in [1.165, 1.54) is 56.3 Å². The highest BCUT2D eigenvalue weighted by Crippen LogP contribution is 2.36. The summed E-state index contributed by atoms with van der Waals surface area (Å²) in [6.07, 6.45) is 3.22. The molecule has 4 heterocycles. The lowest BCUT2D eigenvalue weighted by atomic mass is 10.3. The molecule has 1 N–H and O–H groups in total. The Morgan fingerprint density at radius 1 is 0.564 bits per heavy atom. The van der Waals surface area contributed by atoms with Gasteiger partial charge in [-0.05, 0) is 120 Å². The van der Waals surface area contributed by atoms with E-state index < -0.39 is 52.2 Å². The van der Waals surface area contributed by atoms with Crippen LogP contribution in [0.1, 0.15) is 0 Å². The summed E-state index contributed by atoms with van der Waals surface area (Å²) in [6, 6.07) is 9.92. The normalized spacial score (nSPS) is 10.7. The van der Waals surface area contributed by atoms with Gasteiger partial charge in [-0.15, -0.1) is 5.10 Å². The van der Waals surface area contributed by atoms with Crippen LogP contribution in [0.4, 0.5) is 26.3 Å². The molecule has 0 spiro atoms. The topological polar surface area (TPSA) is 127 Å². The lowest BCUT2D eigenvalue weighted by Gasteiger charge is -2.12. The number of phenolic OH excluding ortho intramolecular Hbond substituents is 1. The summed E-state index contributed by atoms with van der Waals surface area (Å²) >= 11 is 10.8. The SMILES string of the molecule is Brc1cc(Br)c2ncc(I)n2n1.COc1ccc(O)c(F)c1F.COc1ccc(Oc2cc(Oc3ccc(OC)c(F)c3F)c3ncc(I)n3n2)c(F)c1F. The third-order valence-electron chi connectivity index (χ3n) is 6.86. The maximum atomic E-state index is 14.4. The fourth-order valence-electron chi connectivity index (χ4n) is 4.30. The average Bonchev–Trinajstić information content (AvgIpc) is 3.73. The molecule has 0 bridgehead atoms. The van der Waals surface area contributed by atoms with Crippen molar-refractivity contribution in [2.24, 2.45) is 0 Å². The van der Waals surface area contributed by atoms with Crippen LogP contribution < -0.4 is 23.7 Å². The van der Waals surface area contributed by atoms with Crippen LogP contribution in [0.2, 0.25) is 0 Å². The van der Waals surface area contributed by atoms with Crippen molar-refractivity contribution in [1.29, 1.82) is 0 Å². The Morgan fingerprint density at radius 2 is 1.00 bits per heavy atom. The van der Waals surface area contributed by atoms with E-state index in [1.54, 1.807) is 10.7 Å². The second kappa shape index (κ2) is 18.1. The predicted molar refractivity (Wildman–Crippen MR) is 207 cm³/mol. The summed E-state index contributed by atoms with van der Waals surface area (Å²) in [4.78, 5) is 8.31. The van der Waals surface area contributed by atoms with E-state index in [4.69, 9.17) is 24.1 Å². The maximum absolute atomic E-state index is 14.4. The zero-order chi connectivity index (χ0) is 40.1. The number of ether oxygens (including phenoxy) is 5. The van der Waals surface area contributed by atoms with Crippen LogP contribution in [-0.2, 0) is 0 Å². The molecule has 0 saturated heterocycles. The fourth-order valence-corrected chi connectivity index (χ4v) is 6.44. The van der Waals surface area contributed by atoms with Crippen molar-refractivity contribution in [2.45, 2.75) is 0 Å². The summed E-state index contributed by atoms with van der Waals surface area (Å²) in [5, 5.41) is 17.0. The molecule has 55 heavy (non-hydrogen) atoms. The van der Waals surface area contributed by atoms with Crippen molar-refractivity contribution in [3.8, 4) is 46.1 Å². The highest BCUT2D eigenvalue weighted by atomic mass is 127. The van der Waals surface area contributed by atoms with Crippen molar-refractivity contribution in [3.05, 3.63) is 112 Å². The molecule has 7 aromatic rings. The van der Waals surface area contributed by atoms with Crippen LogP contribution in [0.15, 0.2) is 70.0 Å². The monoisotopic (exact) mass is 1120 g/mol. The number of methoxy groups -OCH3 is 3. The van der Waals surface area contributed by atoms with Gasteiger partial charge in [0, 0.05) is 6.07 Å². The van der Waals surface area contributed by atoms with E-state index in [2.05, 4.69) is 79.4 Å². The van der Waals surface area contributed by atoms with E-state index >= 15 is 0 Å². The number of hydrogen-bond acceptors (Lipinski definition) is 10. The van der Waals surface area contributed by atoms with Crippen LogP contribution in [0, 0.1) is 42.3 Å². The van der Waals surface area contributed by atoms with E-state index in [0.717, 1.165) is 36.6 Å². The Bertz CT molecular complexity index is 2530. The minimum Gasteiger partial charge on any atom is -0.505 e. The lowest BCUT2D eigenvalue weighted by molar-refractivity contribution is 0.351. The third-order valence-corrected chi connectivity index (χ3v) is 9.31. The van der Waals surface area contributed by atoms with Crippen LogP contribution >= 0.6 is 77.0 Å². The summed E-state index contributed by atoms with van der Waals surface area (Å²) in [5.74, 6) is -10.3. The van der Waals surface area contributed by atoms with Gasteiger partial charge in [-0.25, -0.2) is 19.0 Å². The molecular weight excluding hydrogens is 1100 g/mol. The van der Waals surface area contributed by atoms with Gasteiger partial charge < -0.3 is 28.8 Å². The highest BCUT2D eigenvalue weighted by molar-refractivity contribution is 14.1. The first-order chi connectivity index (χ1) is 26.2. The van der Waals surface area contributed by atoms with E-state index in [-0.39, 0.29) is 34.5 Å². The number of nitrogens with zero attached hydrogens (tertiary/aromatic N) is 6. The summed E-state index contributed by atoms with van der Waals surface area (Å²) in [6.45, 7) is 0. The van der Waals surface area contributed by atoms with Crippen molar-refractivity contribution < 1.29 is 55.1 Å². The minimum absolute atomic E-state index is 0.0734. The molecule has 4 aromatic heterocycles. The molecule has 0 aliphatic heterocycles. The van der Waals surface area contributed by atoms with Gasteiger partial charge in [-0.3, -0.25) is 0 Å². The molecule has 0 unspecified atom stereocenters. The van der Waals surface area contributed by atoms with Gasteiger partial charge in [0.25, 0.3) is 0 Å². The standard InChI is InChI=1S/C20H12F4IN3O4.C7H6F2O2.C6H2Br2IN3/c1-29-9-3-5-11(18(23)16(9)21)31-13-7-15(27-28-14(25)8-26-20(13)28)32-12-6-4-10(30-2)17(22)19(12)24;1-11-5-3-2-4(10)6(8)7(5)9;7-3-1-4(8)11-12-5(9)2-10-6(3)12/h3-8H,1-2H3;2-3,10H,1H3;1-2H. The van der Waals surface area contributed by atoms with Crippen LogP contribution in [0.5, 0.6) is 46.1 Å². The molecule has 0 aliphatic carbocycles. The number of hydrogen-bond donors (Lipinski definition) is 1. The number of aromatic nitrogens is 6. The molecule has 22 heteroatoms. The lowest BCUT2D eigenvalue weighted by Crippen LogP contribution is -2.03. The average molecular weight is 1120 g/mol. The second-order valence-electron chi connectivity index (χ2n) is 10.2. The Hall–Kier alpha value is -4.30. The van der Waals surface area contributed by atoms with Crippen molar-refractivity contribution in [2.75, 3.05) is 21.3 Å². The van der Waals surface area contributed by atoms with Gasteiger partial charge in [0.15, 0.2) is 51.5 Å². The van der Waals surface area contributed by atoms with E-state index in [0.29, 0.717) is 3.70 Å². The Labute approximate surface area is 349 Å². The van der Waals surface area contributed by atoms with Gasteiger partial charge in [-0.2, -0.15) is 31.4 Å². The van der Waals surface area contributed by atoms with Gasteiger partial charge in [-0.1, -0.05) is 0 Å². The highest BCUT2D eigenvalue weighted by Gasteiger charge is 2.21. The van der Waals surface area contributed by atoms with Crippen LogP contribution in [0.3, 0.4) is 0 Å². The quantitative estimate of drug-likeness (QED) is 0.122. The number of benzene rings is 3. The molecule has 0 atom stereocenters. The molecular formula is C33H20Br2F6I2N6O6. The first-order valence-corrected chi connectivity index (χ1v) is 18.4. The van der Waals surface area contributed by atoms with Gasteiger partial charge in [0.05, 0.1) is 38.2 Å². The Morgan fingerprint density at radius 3 is 1.55 bits per heavy atom. The molecule has 7 rings (SSSR count). The third kappa shape index (κ3) is 9.23. The number of halogens is 10. The molecule has 0 amide bonds. The molecule has 0 fully saturated rings. The predicted octanol–water partition coefficient (Wildman–Crippen LogP) is 10.0. The summed E-state index contributed by atoms with van der Waals surface area (Å²) < 4.78 is 113. The molecule has 0 saturated carbocycles. The zero-order valence-corrected chi connectivity index (χ0v) is 35.2. The van der Waals surface area contributed by atoms with Gasteiger partial charge >= 0.3 is 0 Å². The van der Waals surface area contributed by atoms with Crippen LogP contribution in [0.25, 0.3) is 11.3 Å². The molecule has 0 radical (unpaired) electrons. The minimum atomic E-state index is -1.29. The van der Waals surface area contributed by atoms with Crippen molar-refractivity contribution in [1.82, 2.24) is 29.2 Å². The zero-order valence-electron chi connectivity index (χ0n) is 27.7. The number of fused-ring (bicyclic) bond motifs is 2. The van der Waals surface area contributed by atoms with E-state index in [1.807, 2.05) is 28.7 Å². The smallest absolute Gasteiger partial charge is 0.241 e. The van der Waals surface area contributed by atoms with Crippen molar-refractivity contribution in [3.63, 3.8) is 0 Å². The van der Waals surface area contributed by atoms with Crippen molar-refractivity contribution >= 4 is 88.3 Å². The first-order valence-electron chi connectivity index (χ1n) is 14.7. The molecule has 288 valence electrons. The van der Waals surface area contributed by atoms with E-state index in [9.17, 15) is 26.3 Å². The Kier molecular flexibility index (Phi) is 13.8. The largest absolute Gasteiger partial charge is 0.505 e. The number of imidazole rings is 2. The summed E-state index contributed by atoms with van der Waals surface area (Å²) in [5.41, 5.74) is 0.987. The summed E-state index contributed by atoms with van der Waals surface area (Å²) in [7, 11) is 3.61. The Balaban J connectivity index is 0.000000204. The molecule has 0 aliphatic rings. The molecule has 3 aromatic carbocycles. The number of rotatable bonds is 7. The maximum Gasteiger partial charge on any atom is 0.241 e. The first kappa shape index (κ1) is 41.9. The number of phenols is 1.